The third kappa shape index (κ3) is 6.43. The zero-order valence-corrected chi connectivity index (χ0v) is 23.4. The van der Waals surface area contributed by atoms with Gasteiger partial charge in [0.05, 0.1) is 12.7 Å². The van der Waals surface area contributed by atoms with Crippen LogP contribution in [-0.2, 0) is 26.2 Å². The van der Waals surface area contributed by atoms with Crippen molar-refractivity contribution in [2.45, 2.75) is 81.8 Å². The van der Waals surface area contributed by atoms with E-state index in [-0.39, 0.29) is 54.2 Å². The summed E-state index contributed by atoms with van der Waals surface area (Å²) in [4.78, 5) is 41.2. The molecular formula is C29H37N3O6S. The number of carbonyl (C=O) groups is 3. The van der Waals surface area contributed by atoms with Crippen LogP contribution in [0.5, 0.6) is 5.75 Å². The molecule has 39 heavy (non-hydrogen) atoms. The Morgan fingerprint density at radius 1 is 1.08 bits per heavy atom. The Kier molecular flexibility index (Phi) is 9.27. The topological polar surface area (TPSA) is 113 Å². The summed E-state index contributed by atoms with van der Waals surface area (Å²) in [5.74, 6) is -0.320. The smallest absolute Gasteiger partial charge is 0.269 e. The highest BCUT2D eigenvalue weighted by molar-refractivity contribution is 7.90. The van der Waals surface area contributed by atoms with E-state index in [1.165, 1.54) is 18.6 Å². The Morgan fingerprint density at radius 3 is 2.41 bits per heavy atom. The lowest BCUT2D eigenvalue weighted by atomic mass is 9.95. The molecule has 0 unspecified atom stereocenters. The van der Waals surface area contributed by atoms with Crippen LogP contribution in [0.25, 0.3) is 0 Å². The Balaban J connectivity index is 1.47. The lowest BCUT2D eigenvalue weighted by molar-refractivity contribution is -0.141. The molecular weight excluding hydrogens is 518 g/mol. The monoisotopic (exact) mass is 555 g/mol. The van der Waals surface area contributed by atoms with Crippen molar-refractivity contribution in [1.82, 2.24) is 14.5 Å². The second-order valence-electron chi connectivity index (χ2n) is 10.1. The molecule has 2 aromatic carbocycles. The maximum atomic E-state index is 13.6. The number of nitrogens with one attached hydrogen (secondary N) is 1. The van der Waals surface area contributed by atoms with Gasteiger partial charge >= 0.3 is 0 Å². The third-order valence-corrected chi connectivity index (χ3v) is 9.35. The number of nitrogens with zero attached hydrogens (tertiary/aromatic N) is 2. The second-order valence-corrected chi connectivity index (χ2v) is 12.0. The number of rotatable bonds is 11. The summed E-state index contributed by atoms with van der Waals surface area (Å²) in [6, 6.07) is 12.9. The summed E-state index contributed by atoms with van der Waals surface area (Å²) >= 11 is 0. The van der Waals surface area contributed by atoms with Gasteiger partial charge in [-0.25, -0.2) is 12.7 Å². The minimum Gasteiger partial charge on any atom is -0.497 e. The van der Waals surface area contributed by atoms with Crippen LogP contribution in [0.4, 0.5) is 0 Å². The molecule has 0 bridgehead atoms. The predicted octanol–water partition coefficient (Wildman–Crippen LogP) is 3.88. The molecule has 1 aliphatic carbocycles. The number of methoxy groups -OCH3 is 1. The van der Waals surface area contributed by atoms with Gasteiger partial charge < -0.3 is 15.0 Å². The molecule has 10 heteroatoms. The van der Waals surface area contributed by atoms with Gasteiger partial charge in [0.2, 0.25) is 11.8 Å². The van der Waals surface area contributed by atoms with E-state index in [4.69, 9.17) is 4.74 Å². The maximum Gasteiger partial charge on any atom is 0.269 e. The number of ether oxygens (including phenoxy) is 1. The maximum absolute atomic E-state index is 13.6. The molecule has 1 N–H and O–H groups in total. The van der Waals surface area contributed by atoms with Gasteiger partial charge in [0.25, 0.3) is 15.9 Å². The molecule has 0 spiro atoms. The largest absolute Gasteiger partial charge is 0.497 e. The van der Waals surface area contributed by atoms with E-state index in [0.29, 0.717) is 12.2 Å². The number of sulfonamides is 1. The second kappa shape index (κ2) is 12.6. The first kappa shape index (κ1) is 28.6. The summed E-state index contributed by atoms with van der Waals surface area (Å²) < 4.78 is 31.8. The standard InChI is InChI=1S/C29H37N3O6S/c1-3-25(28(34)30-22-10-5-4-6-11-22)31(20-21-15-17-23(38-2)18-16-21)27(33)14-9-19-32-29(35)24-12-7-8-13-26(24)39(32,36)37/h7-8,12-13,15-18,22,25H,3-6,9-11,14,19-20H2,1-2H3,(H,30,34)/t25-/m0/s1. The normalized spacial score (nSPS) is 17.4. The summed E-state index contributed by atoms with van der Waals surface area (Å²) in [6.45, 7) is 2.00. The van der Waals surface area contributed by atoms with Crippen LogP contribution < -0.4 is 10.1 Å². The molecule has 1 fully saturated rings. The van der Waals surface area contributed by atoms with E-state index in [1.807, 2.05) is 31.2 Å². The fourth-order valence-electron chi connectivity index (χ4n) is 5.36. The van der Waals surface area contributed by atoms with E-state index in [0.717, 1.165) is 35.6 Å². The highest BCUT2D eigenvalue weighted by Gasteiger charge is 2.40. The van der Waals surface area contributed by atoms with Crippen LogP contribution in [0.3, 0.4) is 0 Å². The number of benzene rings is 2. The van der Waals surface area contributed by atoms with Crippen LogP contribution in [0.2, 0.25) is 0 Å². The number of carbonyl (C=O) groups excluding carboxylic acids is 3. The van der Waals surface area contributed by atoms with Gasteiger partial charge in [0, 0.05) is 25.6 Å². The van der Waals surface area contributed by atoms with E-state index in [9.17, 15) is 22.8 Å². The minimum atomic E-state index is -3.94. The van der Waals surface area contributed by atoms with Gasteiger partial charge in [-0.05, 0) is 55.5 Å². The van der Waals surface area contributed by atoms with Crippen molar-refractivity contribution in [1.29, 1.82) is 0 Å². The fourth-order valence-corrected chi connectivity index (χ4v) is 6.97. The van der Waals surface area contributed by atoms with Gasteiger partial charge in [-0.15, -0.1) is 0 Å². The first-order chi connectivity index (χ1) is 18.8. The third-order valence-electron chi connectivity index (χ3n) is 7.51. The first-order valence-corrected chi connectivity index (χ1v) is 15.1. The van der Waals surface area contributed by atoms with Crippen molar-refractivity contribution in [3.63, 3.8) is 0 Å². The number of hydrogen-bond acceptors (Lipinski definition) is 6. The van der Waals surface area contributed by atoms with Crippen LogP contribution >= 0.6 is 0 Å². The molecule has 2 aliphatic rings. The van der Waals surface area contributed by atoms with Gasteiger partial charge in [-0.2, -0.15) is 0 Å². The van der Waals surface area contributed by atoms with Gasteiger partial charge in [0.15, 0.2) is 0 Å². The molecule has 0 saturated heterocycles. The van der Waals surface area contributed by atoms with Crippen molar-refractivity contribution in [2.24, 2.45) is 0 Å². The predicted molar refractivity (Wildman–Crippen MR) is 147 cm³/mol. The van der Waals surface area contributed by atoms with Crippen molar-refractivity contribution >= 4 is 27.7 Å². The summed E-state index contributed by atoms with van der Waals surface area (Å²) in [5.41, 5.74) is 0.996. The van der Waals surface area contributed by atoms with Crippen LogP contribution in [0.1, 0.15) is 74.2 Å². The zero-order chi connectivity index (χ0) is 28.0. The van der Waals surface area contributed by atoms with E-state index < -0.39 is 22.0 Å². The van der Waals surface area contributed by atoms with Crippen LogP contribution in [-0.4, -0.2) is 61.1 Å². The van der Waals surface area contributed by atoms with Crippen LogP contribution in [0, 0.1) is 0 Å². The number of fused-ring (bicyclic) bond motifs is 1. The molecule has 1 aliphatic heterocycles. The quantitative estimate of drug-likeness (QED) is 0.450. The van der Waals surface area contributed by atoms with Crippen molar-refractivity contribution < 1.29 is 27.5 Å². The average Bonchev–Trinajstić information content (AvgIpc) is 3.14. The molecule has 0 radical (unpaired) electrons. The number of amides is 3. The van der Waals surface area contributed by atoms with Gasteiger partial charge in [-0.1, -0.05) is 50.5 Å². The molecule has 2 aromatic rings. The Bertz CT molecular complexity index is 1290. The summed E-state index contributed by atoms with van der Waals surface area (Å²) in [6.07, 6.45) is 5.80. The van der Waals surface area contributed by atoms with Gasteiger partial charge in [0.1, 0.15) is 16.7 Å². The molecule has 210 valence electrons. The summed E-state index contributed by atoms with van der Waals surface area (Å²) in [5, 5.41) is 3.15. The van der Waals surface area contributed by atoms with Crippen LogP contribution in [0.15, 0.2) is 53.4 Å². The summed E-state index contributed by atoms with van der Waals surface area (Å²) in [7, 11) is -2.36. The Morgan fingerprint density at radius 2 is 1.77 bits per heavy atom. The minimum absolute atomic E-state index is 0.000984. The van der Waals surface area contributed by atoms with E-state index in [2.05, 4.69) is 5.32 Å². The molecule has 1 heterocycles. The van der Waals surface area contributed by atoms with Gasteiger partial charge in [-0.3, -0.25) is 14.4 Å². The lowest BCUT2D eigenvalue weighted by Gasteiger charge is -2.33. The zero-order valence-electron chi connectivity index (χ0n) is 22.6. The van der Waals surface area contributed by atoms with E-state index in [1.54, 1.807) is 24.1 Å². The molecule has 3 amide bonds. The molecule has 4 rings (SSSR count). The van der Waals surface area contributed by atoms with Crippen molar-refractivity contribution in [3.05, 3.63) is 59.7 Å². The Hall–Kier alpha value is -3.40. The molecule has 0 aromatic heterocycles. The molecule has 1 atom stereocenters. The highest BCUT2D eigenvalue weighted by atomic mass is 32.2. The van der Waals surface area contributed by atoms with E-state index >= 15 is 0 Å². The fraction of sp³-hybridized carbons (Fsp3) is 0.483. The van der Waals surface area contributed by atoms with Crippen molar-refractivity contribution in [2.75, 3.05) is 13.7 Å². The SMILES string of the molecule is CC[C@@H](C(=O)NC1CCCCC1)N(Cc1ccc(OC)cc1)C(=O)CCCN1C(=O)c2ccccc2S1(=O)=O. The lowest BCUT2D eigenvalue weighted by Crippen LogP contribution is -2.51. The first-order valence-electron chi connectivity index (χ1n) is 13.6. The van der Waals surface area contributed by atoms with Crippen molar-refractivity contribution in [3.8, 4) is 5.75 Å². The highest BCUT2D eigenvalue weighted by Crippen LogP contribution is 2.30. The molecule has 9 nitrogen and oxygen atoms in total. The number of hydrogen-bond donors (Lipinski definition) is 1. The average molecular weight is 556 g/mol. The molecule has 1 saturated carbocycles. The Labute approximate surface area is 230 Å².